The summed E-state index contributed by atoms with van der Waals surface area (Å²) in [7, 11) is -3.77. The van der Waals surface area contributed by atoms with Crippen LogP contribution in [0.15, 0.2) is 0 Å². The number of carbonyl (C=O) groups is 2. The van der Waals surface area contributed by atoms with Crippen LogP contribution in [0.3, 0.4) is 0 Å². The average Bonchev–Trinajstić information content (AvgIpc) is 2.31. The van der Waals surface area contributed by atoms with Gasteiger partial charge in [0.25, 0.3) is 10.1 Å². The third kappa shape index (κ3) is 19.2. The zero-order valence-electron chi connectivity index (χ0n) is 11.9. The van der Waals surface area contributed by atoms with Crippen LogP contribution in [0, 0.1) is 5.92 Å². The Bertz CT molecular complexity index is 361. The summed E-state index contributed by atoms with van der Waals surface area (Å²) in [4.78, 5) is 19.3. The van der Waals surface area contributed by atoms with Crippen LogP contribution in [-0.4, -0.2) is 40.9 Å². The molecule has 0 aliphatic carbocycles. The van der Waals surface area contributed by atoms with Gasteiger partial charge in [0.2, 0.25) is 0 Å². The summed E-state index contributed by atoms with van der Waals surface area (Å²) in [6.45, 7) is 4.02. The maximum absolute atomic E-state index is 10.5. The molecule has 0 saturated heterocycles. The van der Waals surface area contributed by atoms with Crippen molar-refractivity contribution < 1.29 is 32.8 Å². The molecule has 0 radical (unpaired) electrons. The molecule has 0 bridgehead atoms. The number of rotatable bonds is 9. The predicted molar refractivity (Wildman–Crippen MR) is 74.2 cm³/mol. The van der Waals surface area contributed by atoms with Crippen LogP contribution < -0.4 is 0 Å². The molecule has 0 heterocycles. The summed E-state index contributed by atoms with van der Waals surface area (Å²) >= 11 is 0. The summed E-state index contributed by atoms with van der Waals surface area (Å²) in [5, 5.41) is 15.8. The minimum absolute atomic E-state index is 0.0799. The molecule has 0 fully saturated rings. The van der Waals surface area contributed by atoms with E-state index in [-0.39, 0.29) is 24.5 Å². The fourth-order valence-corrected chi connectivity index (χ4v) is 2.41. The molecule has 0 aromatic heterocycles. The number of carboxylic acid groups (broad SMARTS) is 2. The van der Waals surface area contributed by atoms with E-state index >= 15 is 0 Å². The first-order chi connectivity index (χ1) is 9.12. The molecule has 0 amide bonds. The summed E-state index contributed by atoms with van der Waals surface area (Å²) in [5.74, 6) is -2.11. The summed E-state index contributed by atoms with van der Waals surface area (Å²) < 4.78 is 29.6. The highest BCUT2D eigenvalue weighted by atomic mass is 32.2. The van der Waals surface area contributed by atoms with Gasteiger partial charge in [0, 0.05) is 0 Å². The Balaban J connectivity index is 0. The van der Waals surface area contributed by atoms with E-state index in [1.807, 2.05) is 6.92 Å². The number of unbranched alkanes of at least 4 members (excludes halogenated alkanes) is 1. The SMILES string of the molecule is CCCCC(CC)CS(=O)(=O)O.O=C(O)CCC(=O)O. The molecule has 20 heavy (non-hydrogen) atoms. The highest BCUT2D eigenvalue weighted by molar-refractivity contribution is 7.85. The van der Waals surface area contributed by atoms with Crippen molar-refractivity contribution in [2.75, 3.05) is 5.75 Å². The lowest BCUT2D eigenvalue weighted by Crippen LogP contribution is -2.14. The fourth-order valence-electron chi connectivity index (χ4n) is 1.41. The molecular weight excluding hydrogens is 288 g/mol. The van der Waals surface area contributed by atoms with Gasteiger partial charge in [-0.25, -0.2) is 0 Å². The molecule has 0 aromatic rings. The van der Waals surface area contributed by atoms with Crippen molar-refractivity contribution in [2.45, 2.75) is 52.4 Å². The molecule has 0 rings (SSSR count). The first-order valence-electron chi connectivity index (χ1n) is 6.51. The van der Waals surface area contributed by atoms with E-state index < -0.39 is 22.1 Å². The number of aliphatic carboxylic acids is 2. The first kappa shape index (κ1) is 21.2. The second kappa shape index (κ2) is 11.7. The van der Waals surface area contributed by atoms with Gasteiger partial charge in [0.1, 0.15) is 0 Å². The van der Waals surface area contributed by atoms with Crippen LogP contribution in [0.4, 0.5) is 0 Å². The maximum Gasteiger partial charge on any atom is 0.303 e. The Labute approximate surface area is 119 Å². The van der Waals surface area contributed by atoms with Gasteiger partial charge in [0.05, 0.1) is 18.6 Å². The zero-order chi connectivity index (χ0) is 16.2. The van der Waals surface area contributed by atoms with E-state index in [0.29, 0.717) is 0 Å². The van der Waals surface area contributed by atoms with Crippen LogP contribution in [-0.2, 0) is 19.7 Å². The zero-order valence-corrected chi connectivity index (χ0v) is 12.7. The van der Waals surface area contributed by atoms with Crippen molar-refractivity contribution in [3.63, 3.8) is 0 Å². The Hall–Kier alpha value is -1.15. The number of hydrogen-bond donors (Lipinski definition) is 3. The molecule has 7 nitrogen and oxygen atoms in total. The highest BCUT2D eigenvalue weighted by Gasteiger charge is 2.14. The molecule has 0 aromatic carbocycles. The van der Waals surface area contributed by atoms with Crippen molar-refractivity contribution in [1.29, 1.82) is 0 Å². The van der Waals surface area contributed by atoms with Crippen LogP contribution in [0.5, 0.6) is 0 Å². The lowest BCUT2D eigenvalue weighted by atomic mass is 10.0. The molecule has 0 saturated carbocycles. The van der Waals surface area contributed by atoms with E-state index in [0.717, 1.165) is 25.7 Å². The van der Waals surface area contributed by atoms with E-state index in [4.69, 9.17) is 14.8 Å². The molecule has 1 atom stereocenters. The van der Waals surface area contributed by atoms with E-state index in [2.05, 4.69) is 6.92 Å². The van der Waals surface area contributed by atoms with Gasteiger partial charge in [-0.1, -0.05) is 33.1 Å². The molecule has 120 valence electrons. The van der Waals surface area contributed by atoms with Gasteiger partial charge in [0.15, 0.2) is 0 Å². The van der Waals surface area contributed by atoms with Crippen LogP contribution in [0.2, 0.25) is 0 Å². The van der Waals surface area contributed by atoms with Crippen molar-refractivity contribution in [1.82, 2.24) is 0 Å². The minimum Gasteiger partial charge on any atom is -0.481 e. The Kier molecular flexibility index (Phi) is 12.3. The second-order valence-electron chi connectivity index (χ2n) is 4.45. The van der Waals surface area contributed by atoms with Crippen molar-refractivity contribution >= 4 is 22.1 Å². The van der Waals surface area contributed by atoms with E-state index in [1.165, 1.54) is 0 Å². The third-order valence-corrected chi connectivity index (χ3v) is 3.43. The Morgan fingerprint density at radius 3 is 1.75 bits per heavy atom. The van der Waals surface area contributed by atoms with E-state index in [1.54, 1.807) is 0 Å². The topological polar surface area (TPSA) is 129 Å². The summed E-state index contributed by atoms with van der Waals surface area (Å²) in [6.07, 6.45) is 3.23. The molecule has 0 spiro atoms. The van der Waals surface area contributed by atoms with Gasteiger partial charge in [-0.2, -0.15) is 8.42 Å². The largest absolute Gasteiger partial charge is 0.481 e. The highest BCUT2D eigenvalue weighted by Crippen LogP contribution is 2.14. The summed E-state index contributed by atoms with van der Waals surface area (Å²) in [5.41, 5.74) is 0. The molecule has 0 aliphatic heterocycles. The molecule has 3 N–H and O–H groups in total. The first-order valence-corrected chi connectivity index (χ1v) is 8.12. The van der Waals surface area contributed by atoms with Gasteiger partial charge in [-0.05, 0) is 12.3 Å². The van der Waals surface area contributed by atoms with Gasteiger partial charge >= 0.3 is 11.9 Å². The smallest absolute Gasteiger partial charge is 0.303 e. The standard InChI is InChI=1S/C8H18O3S.C4H6O4/c1-3-5-6-8(4-2)7-12(9,10)11;5-3(6)1-2-4(7)8/h8H,3-7H2,1-2H3,(H,9,10,11);1-2H2,(H,5,6)(H,7,8). The average molecular weight is 312 g/mol. The lowest BCUT2D eigenvalue weighted by Gasteiger charge is -2.11. The monoisotopic (exact) mass is 312 g/mol. The molecule has 1 unspecified atom stereocenters. The number of carboxylic acids is 2. The van der Waals surface area contributed by atoms with Gasteiger partial charge in [-0.15, -0.1) is 0 Å². The second-order valence-corrected chi connectivity index (χ2v) is 5.95. The van der Waals surface area contributed by atoms with Crippen molar-refractivity contribution in [3.8, 4) is 0 Å². The minimum atomic E-state index is -3.77. The van der Waals surface area contributed by atoms with E-state index in [9.17, 15) is 18.0 Å². The van der Waals surface area contributed by atoms with Crippen LogP contribution in [0.1, 0.15) is 52.4 Å². The Morgan fingerprint density at radius 1 is 1.05 bits per heavy atom. The van der Waals surface area contributed by atoms with Crippen molar-refractivity contribution in [3.05, 3.63) is 0 Å². The molecule has 8 heteroatoms. The van der Waals surface area contributed by atoms with Gasteiger partial charge < -0.3 is 10.2 Å². The molecular formula is C12H24O7S. The van der Waals surface area contributed by atoms with Crippen LogP contribution >= 0.6 is 0 Å². The lowest BCUT2D eigenvalue weighted by molar-refractivity contribution is -0.143. The summed E-state index contributed by atoms with van der Waals surface area (Å²) in [6, 6.07) is 0. The fraction of sp³-hybridized carbons (Fsp3) is 0.833. The molecule has 0 aliphatic rings. The van der Waals surface area contributed by atoms with Crippen LogP contribution in [0.25, 0.3) is 0 Å². The van der Waals surface area contributed by atoms with Gasteiger partial charge in [-0.3, -0.25) is 14.1 Å². The third-order valence-electron chi connectivity index (χ3n) is 2.54. The normalized spacial score (nSPS) is 12.2. The quantitative estimate of drug-likeness (QED) is 0.555. The maximum atomic E-state index is 10.5. The number of hydrogen-bond acceptors (Lipinski definition) is 4. The predicted octanol–water partition coefficient (Wildman–Crippen LogP) is 2.03. The Morgan fingerprint density at radius 2 is 1.50 bits per heavy atom. The van der Waals surface area contributed by atoms with Crippen molar-refractivity contribution in [2.24, 2.45) is 5.92 Å².